The quantitative estimate of drug-likeness (QED) is 0.676. The van der Waals surface area contributed by atoms with Crippen molar-refractivity contribution < 1.29 is 17.4 Å². The zero-order chi connectivity index (χ0) is 22.3. The summed E-state index contributed by atoms with van der Waals surface area (Å²) in [7, 11) is -1.42. The first kappa shape index (κ1) is 23.8. The van der Waals surface area contributed by atoms with Crippen molar-refractivity contribution >= 4 is 16.1 Å². The lowest BCUT2D eigenvalue weighted by Crippen LogP contribution is -2.61. The summed E-state index contributed by atoms with van der Waals surface area (Å²) >= 11 is 0. The van der Waals surface area contributed by atoms with Gasteiger partial charge in [-0.25, -0.2) is 4.79 Å². The summed E-state index contributed by atoms with van der Waals surface area (Å²) in [6.45, 7) is 12.6. The van der Waals surface area contributed by atoms with E-state index in [0.717, 1.165) is 51.7 Å². The van der Waals surface area contributed by atoms with Crippen LogP contribution in [-0.2, 0) is 14.3 Å². The Balaban J connectivity index is 1.81. The topological polar surface area (TPSA) is 79.0 Å². The van der Waals surface area contributed by atoms with Crippen molar-refractivity contribution in [2.45, 2.75) is 59.4 Å². The third kappa shape index (κ3) is 4.96. The summed E-state index contributed by atoms with van der Waals surface area (Å²) in [6, 6.07) is 0.0423. The first-order chi connectivity index (χ1) is 13.8. The van der Waals surface area contributed by atoms with Gasteiger partial charge in [-0.15, -0.1) is 0 Å². The summed E-state index contributed by atoms with van der Waals surface area (Å²) in [6.07, 6.45) is 5.47. The second-order valence-electron chi connectivity index (χ2n) is 10.9. The summed E-state index contributed by atoms with van der Waals surface area (Å²) in [4.78, 5) is 17.2. The maximum atomic E-state index is 13.0. The number of hydrogen-bond acceptors (Lipinski definition) is 5. The molecule has 174 valence electrons. The van der Waals surface area contributed by atoms with Crippen LogP contribution in [0.1, 0.15) is 53.4 Å². The van der Waals surface area contributed by atoms with E-state index in [-0.39, 0.29) is 41.3 Å². The van der Waals surface area contributed by atoms with Gasteiger partial charge in [0.2, 0.25) is 0 Å². The fourth-order valence-electron chi connectivity index (χ4n) is 6.54. The number of hydrogen-bond donors (Lipinski definition) is 1. The molecule has 5 atom stereocenters. The Labute approximate surface area is 183 Å². The first-order valence-electron chi connectivity index (χ1n) is 11.4. The average molecular weight is 444 g/mol. The molecule has 3 aliphatic rings. The van der Waals surface area contributed by atoms with Crippen LogP contribution in [0.2, 0.25) is 0 Å². The van der Waals surface area contributed by atoms with Gasteiger partial charge in [-0.2, -0.15) is 8.42 Å². The number of nitrogens with zero attached hydrogens (tertiary/aromatic N) is 2. The fourth-order valence-corrected chi connectivity index (χ4v) is 6.93. The van der Waals surface area contributed by atoms with E-state index in [1.165, 1.54) is 6.42 Å². The molecule has 1 heterocycles. The van der Waals surface area contributed by atoms with E-state index in [2.05, 4.69) is 45.0 Å². The van der Waals surface area contributed by atoms with Gasteiger partial charge < -0.3 is 15.1 Å². The van der Waals surface area contributed by atoms with Crippen LogP contribution in [0.5, 0.6) is 0 Å². The van der Waals surface area contributed by atoms with E-state index in [0.29, 0.717) is 5.92 Å². The van der Waals surface area contributed by atoms with Crippen LogP contribution in [0.15, 0.2) is 0 Å². The molecule has 0 spiro atoms. The molecule has 1 aliphatic heterocycles. The zero-order valence-corrected chi connectivity index (χ0v) is 20.4. The molecule has 0 aromatic heterocycles. The minimum absolute atomic E-state index is 0.0138. The number of rotatable bonds is 4. The van der Waals surface area contributed by atoms with Crippen molar-refractivity contribution in [3.63, 3.8) is 0 Å². The van der Waals surface area contributed by atoms with E-state index in [9.17, 15) is 13.2 Å². The van der Waals surface area contributed by atoms with Crippen LogP contribution in [0.25, 0.3) is 0 Å². The highest BCUT2D eigenvalue weighted by atomic mass is 32.2. The smallest absolute Gasteiger partial charge is 0.317 e. The number of carbonyl (C=O) groups excluding carboxylic acids is 1. The lowest BCUT2D eigenvalue weighted by Gasteiger charge is -2.60. The highest BCUT2D eigenvalue weighted by molar-refractivity contribution is 7.85. The molecule has 0 aromatic rings. The molecular weight excluding hydrogens is 402 g/mol. The lowest BCUT2D eigenvalue weighted by atomic mass is 9.46. The maximum absolute atomic E-state index is 13.0. The van der Waals surface area contributed by atoms with Crippen molar-refractivity contribution in [3.8, 4) is 0 Å². The largest absolute Gasteiger partial charge is 0.335 e. The number of likely N-dealkylation sites (N-methyl/N-ethyl adjacent to an activating group) is 1. The second kappa shape index (κ2) is 8.58. The molecule has 0 bridgehead atoms. The molecule has 2 amide bonds. The molecule has 1 saturated heterocycles. The second-order valence-corrected chi connectivity index (χ2v) is 12.6. The molecule has 2 aliphatic carbocycles. The summed E-state index contributed by atoms with van der Waals surface area (Å²) in [5, 5.41) is 3.33. The number of piperazine rings is 1. The molecule has 0 aromatic carbocycles. The van der Waals surface area contributed by atoms with Gasteiger partial charge in [0.15, 0.2) is 0 Å². The van der Waals surface area contributed by atoms with Crippen LogP contribution in [0, 0.1) is 28.6 Å². The van der Waals surface area contributed by atoms with E-state index in [1.54, 1.807) is 0 Å². The SMILES string of the molecule is C[C@@H]1[C@H](NC(=O)N2CCN(C)CC2)CC2C(C)(C)CCC[C@]2(C)[C@H]1COS(C)(=O)=O. The number of urea groups is 1. The van der Waals surface area contributed by atoms with Gasteiger partial charge >= 0.3 is 6.03 Å². The molecule has 3 rings (SSSR count). The minimum atomic E-state index is -3.50. The number of nitrogens with one attached hydrogen (secondary N) is 1. The van der Waals surface area contributed by atoms with Crippen LogP contribution >= 0.6 is 0 Å². The van der Waals surface area contributed by atoms with Gasteiger partial charge in [0, 0.05) is 32.2 Å². The maximum Gasteiger partial charge on any atom is 0.317 e. The van der Waals surface area contributed by atoms with Crippen molar-refractivity contribution in [2.75, 3.05) is 46.1 Å². The van der Waals surface area contributed by atoms with Crippen LogP contribution in [-0.4, -0.2) is 76.4 Å². The van der Waals surface area contributed by atoms with Crippen LogP contribution in [0.4, 0.5) is 4.79 Å². The molecule has 2 saturated carbocycles. The third-order valence-electron chi connectivity index (χ3n) is 8.44. The third-order valence-corrected chi connectivity index (χ3v) is 9.01. The Hall–Kier alpha value is -0.860. The van der Waals surface area contributed by atoms with E-state index in [4.69, 9.17) is 4.18 Å². The molecule has 3 fully saturated rings. The van der Waals surface area contributed by atoms with Crippen LogP contribution in [0.3, 0.4) is 0 Å². The van der Waals surface area contributed by atoms with E-state index < -0.39 is 10.1 Å². The number of carbonyl (C=O) groups is 1. The predicted molar refractivity (Wildman–Crippen MR) is 119 cm³/mol. The molecular formula is C22H41N3O4S. The molecule has 1 N–H and O–H groups in total. The Bertz CT molecular complexity index is 733. The minimum Gasteiger partial charge on any atom is -0.335 e. The monoisotopic (exact) mass is 443 g/mol. The Morgan fingerprint density at radius 2 is 1.77 bits per heavy atom. The van der Waals surface area contributed by atoms with Crippen molar-refractivity contribution in [1.29, 1.82) is 0 Å². The van der Waals surface area contributed by atoms with Gasteiger partial charge in [0.05, 0.1) is 12.9 Å². The van der Waals surface area contributed by atoms with E-state index in [1.807, 2.05) is 4.90 Å². The van der Waals surface area contributed by atoms with Gasteiger partial charge in [-0.3, -0.25) is 4.18 Å². The molecule has 30 heavy (non-hydrogen) atoms. The lowest BCUT2D eigenvalue weighted by molar-refractivity contribution is -0.115. The predicted octanol–water partition coefficient (Wildman–Crippen LogP) is 2.78. The molecule has 8 heteroatoms. The van der Waals surface area contributed by atoms with Gasteiger partial charge in [0.1, 0.15) is 0 Å². The molecule has 1 unspecified atom stereocenters. The van der Waals surface area contributed by atoms with Crippen molar-refractivity contribution in [3.05, 3.63) is 0 Å². The summed E-state index contributed by atoms with van der Waals surface area (Å²) in [5.41, 5.74) is 0.175. The first-order valence-corrected chi connectivity index (χ1v) is 13.2. The normalized spacial score (nSPS) is 37.5. The van der Waals surface area contributed by atoms with Gasteiger partial charge in [0.25, 0.3) is 10.1 Å². The average Bonchev–Trinajstić information content (AvgIpc) is 2.62. The Morgan fingerprint density at radius 3 is 2.37 bits per heavy atom. The summed E-state index contributed by atoms with van der Waals surface area (Å²) in [5.74, 6) is 0.655. The molecule has 0 radical (unpaired) electrons. The highest BCUT2D eigenvalue weighted by Crippen LogP contribution is 2.61. The highest BCUT2D eigenvalue weighted by Gasteiger charge is 2.56. The summed E-state index contributed by atoms with van der Waals surface area (Å²) < 4.78 is 28.9. The Morgan fingerprint density at radius 1 is 1.13 bits per heavy atom. The van der Waals surface area contributed by atoms with Crippen molar-refractivity contribution in [2.24, 2.45) is 28.6 Å². The molecule has 7 nitrogen and oxygen atoms in total. The zero-order valence-electron chi connectivity index (χ0n) is 19.6. The van der Waals surface area contributed by atoms with E-state index >= 15 is 0 Å². The standard InChI is InChI=1S/C22H41N3O4S/c1-16-17(15-29-30(6,27)28)22(4)9-7-8-21(2,3)19(22)14-18(16)23-20(26)25-12-10-24(5)11-13-25/h16-19H,7-15H2,1-6H3,(H,23,26)/t16-,17-,18+,19?,22+/m0/s1. The van der Waals surface area contributed by atoms with Crippen LogP contribution < -0.4 is 5.32 Å². The van der Waals surface area contributed by atoms with Gasteiger partial charge in [-0.1, -0.05) is 34.1 Å². The number of amides is 2. The fraction of sp³-hybridized carbons (Fsp3) is 0.955. The van der Waals surface area contributed by atoms with Gasteiger partial charge in [-0.05, 0) is 54.9 Å². The van der Waals surface area contributed by atoms with Crippen molar-refractivity contribution in [1.82, 2.24) is 15.1 Å². The number of fused-ring (bicyclic) bond motifs is 1. The Kier molecular flexibility index (Phi) is 6.81.